The van der Waals surface area contributed by atoms with Gasteiger partial charge in [-0.05, 0) is 44.5 Å². The average molecular weight is 392 g/mol. The number of nitrogens with zero attached hydrogens (tertiary/aromatic N) is 1. The Bertz CT molecular complexity index is 688. The SMILES string of the molecule is CC(C)(C)OC(=O)N1C(=O)C[C@@H](O[Si](C)(C)C(C)(C)C)[C@@H]1c1ccccc1. The molecule has 27 heavy (non-hydrogen) atoms. The van der Waals surface area contributed by atoms with E-state index in [0.717, 1.165) is 5.56 Å². The number of rotatable bonds is 3. The number of hydrogen-bond donors (Lipinski definition) is 0. The largest absolute Gasteiger partial charge is 0.443 e. The second-order valence-corrected chi connectivity index (χ2v) is 14.5. The molecule has 0 saturated carbocycles. The number of carbonyl (C=O) groups is 2. The predicted molar refractivity (Wildman–Crippen MR) is 109 cm³/mol. The van der Waals surface area contributed by atoms with E-state index in [1.54, 1.807) is 20.8 Å². The van der Waals surface area contributed by atoms with Gasteiger partial charge in [0.25, 0.3) is 0 Å². The summed E-state index contributed by atoms with van der Waals surface area (Å²) >= 11 is 0. The third-order valence-corrected chi connectivity index (χ3v) is 9.76. The summed E-state index contributed by atoms with van der Waals surface area (Å²) in [5.41, 5.74) is 0.217. The molecule has 2 atom stereocenters. The Morgan fingerprint density at radius 3 is 2.11 bits per heavy atom. The van der Waals surface area contributed by atoms with Crippen LogP contribution in [-0.2, 0) is 14.0 Å². The van der Waals surface area contributed by atoms with Gasteiger partial charge in [0.05, 0.1) is 18.6 Å². The molecule has 0 bridgehead atoms. The van der Waals surface area contributed by atoms with E-state index in [1.165, 1.54) is 4.90 Å². The van der Waals surface area contributed by atoms with Gasteiger partial charge in [-0.15, -0.1) is 0 Å². The van der Waals surface area contributed by atoms with Gasteiger partial charge in [-0.3, -0.25) is 4.79 Å². The van der Waals surface area contributed by atoms with E-state index in [9.17, 15) is 9.59 Å². The van der Waals surface area contributed by atoms with E-state index >= 15 is 0 Å². The van der Waals surface area contributed by atoms with Gasteiger partial charge in [0.15, 0.2) is 8.32 Å². The van der Waals surface area contributed by atoms with E-state index in [0.29, 0.717) is 0 Å². The first-order valence-corrected chi connectivity index (χ1v) is 12.4. The van der Waals surface area contributed by atoms with Crippen molar-refractivity contribution in [1.29, 1.82) is 0 Å². The molecule has 2 amide bonds. The van der Waals surface area contributed by atoms with Gasteiger partial charge in [-0.25, -0.2) is 9.69 Å². The Labute approximate surface area is 164 Å². The Balaban J connectivity index is 2.40. The summed E-state index contributed by atoms with van der Waals surface area (Å²) in [6.07, 6.45) is -0.790. The van der Waals surface area contributed by atoms with Crippen molar-refractivity contribution in [1.82, 2.24) is 4.90 Å². The van der Waals surface area contributed by atoms with Crippen LogP contribution in [0.25, 0.3) is 0 Å². The van der Waals surface area contributed by atoms with Crippen molar-refractivity contribution in [2.24, 2.45) is 0 Å². The zero-order chi connectivity index (χ0) is 20.6. The second kappa shape index (κ2) is 7.39. The number of imide groups is 1. The summed E-state index contributed by atoms with van der Waals surface area (Å²) in [4.78, 5) is 26.8. The molecule has 2 rings (SSSR count). The monoisotopic (exact) mass is 391 g/mol. The maximum atomic E-state index is 12.8. The third kappa shape index (κ3) is 4.99. The Morgan fingerprint density at radius 2 is 1.63 bits per heavy atom. The molecule has 0 aromatic heterocycles. The Hall–Kier alpha value is -1.66. The smallest absolute Gasteiger partial charge is 0.417 e. The Morgan fingerprint density at radius 1 is 1.07 bits per heavy atom. The Kier molecular flexibility index (Phi) is 5.93. The number of ether oxygens (including phenoxy) is 1. The van der Waals surface area contributed by atoms with Crippen LogP contribution < -0.4 is 0 Å². The third-order valence-electron chi connectivity index (χ3n) is 5.26. The molecule has 1 aliphatic heterocycles. The molecule has 0 unspecified atom stereocenters. The van der Waals surface area contributed by atoms with Crippen LogP contribution >= 0.6 is 0 Å². The summed E-state index contributed by atoms with van der Waals surface area (Å²) < 4.78 is 12.1. The molecule has 6 heteroatoms. The van der Waals surface area contributed by atoms with E-state index < -0.39 is 26.1 Å². The normalized spacial score (nSPS) is 21.5. The highest BCUT2D eigenvalue weighted by Crippen LogP contribution is 2.43. The molecule has 150 valence electrons. The van der Waals surface area contributed by atoms with Gasteiger partial charge in [0.2, 0.25) is 5.91 Å². The lowest BCUT2D eigenvalue weighted by Gasteiger charge is -2.40. The number of benzene rings is 1. The average Bonchev–Trinajstić information content (AvgIpc) is 2.80. The van der Waals surface area contributed by atoms with Gasteiger partial charge >= 0.3 is 6.09 Å². The predicted octanol–water partition coefficient (Wildman–Crippen LogP) is 5.29. The summed E-state index contributed by atoms with van der Waals surface area (Å²) in [7, 11) is -2.12. The number of carbonyl (C=O) groups excluding carboxylic acids is 2. The first-order chi connectivity index (χ1) is 12.2. The van der Waals surface area contributed by atoms with E-state index in [-0.39, 0.29) is 23.5 Å². The van der Waals surface area contributed by atoms with Crippen LogP contribution in [0.1, 0.15) is 59.6 Å². The first kappa shape index (κ1) is 21.6. The fourth-order valence-electron chi connectivity index (χ4n) is 2.91. The molecule has 1 aromatic carbocycles. The van der Waals surface area contributed by atoms with Crippen LogP contribution in [0.2, 0.25) is 18.1 Å². The second-order valence-electron chi connectivity index (χ2n) is 9.72. The van der Waals surface area contributed by atoms with Crippen LogP contribution in [-0.4, -0.2) is 36.9 Å². The summed E-state index contributed by atoms with van der Waals surface area (Å²) in [5.74, 6) is -0.248. The molecule has 0 N–H and O–H groups in total. The number of amides is 2. The van der Waals surface area contributed by atoms with Crippen molar-refractivity contribution in [3.05, 3.63) is 35.9 Å². The maximum Gasteiger partial charge on any atom is 0.417 e. The summed E-state index contributed by atoms with van der Waals surface area (Å²) in [6, 6.07) is 9.14. The van der Waals surface area contributed by atoms with Crippen LogP contribution in [0, 0.1) is 0 Å². The minimum atomic E-state index is -2.12. The molecular formula is C21H33NO4Si. The minimum absolute atomic E-state index is 0.0105. The van der Waals surface area contributed by atoms with Crippen LogP contribution in [0.4, 0.5) is 4.79 Å². The van der Waals surface area contributed by atoms with Gasteiger partial charge < -0.3 is 9.16 Å². The molecule has 0 spiro atoms. The fraction of sp³-hybridized carbons (Fsp3) is 0.619. The standard InChI is InChI=1S/C21H33NO4Si/c1-20(2,3)25-19(24)22-17(23)14-16(26-27(7,8)21(4,5)6)18(22)15-12-10-9-11-13-15/h9-13,16,18H,14H2,1-8H3/t16-,18+/m1/s1. The molecule has 5 nitrogen and oxygen atoms in total. The van der Waals surface area contributed by atoms with Gasteiger partial charge in [0.1, 0.15) is 5.60 Å². The number of likely N-dealkylation sites (tertiary alicyclic amines) is 1. The van der Waals surface area contributed by atoms with Crippen molar-refractivity contribution in [3.8, 4) is 0 Å². The molecule has 1 heterocycles. The first-order valence-electron chi connectivity index (χ1n) is 9.51. The molecule has 1 fully saturated rings. The quantitative estimate of drug-likeness (QED) is 0.657. The molecule has 0 aliphatic carbocycles. The van der Waals surface area contributed by atoms with Crippen molar-refractivity contribution in [3.63, 3.8) is 0 Å². The van der Waals surface area contributed by atoms with Crippen molar-refractivity contribution < 1.29 is 18.8 Å². The summed E-state index contributed by atoms with van der Waals surface area (Å²) in [5, 5.41) is 0.0105. The van der Waals surface area contributed by atoms with Gasteiger partial charge in [-0.1, -0.05) is 51.1 Å². The van der Waals surface area contributed by atoms with Crippen LogP contribution in [0.5, 0.6) is 0 Å². The minimum Gasteiger partial charge on any atom is -0.443 e. The highest BCUT2D eigenvalue weighted by Gasteiger charge is 2.50. The molecule has 0 radical (unpaired) electrons. The fourth-order valence-corrected chi connectivity index (χ4v) is 4.23. The van der Waals surface area contributed by atoms with Crippen molar-refractivity contribution >= 4 is 20.3 Å². The van der Waals surface area contributed by atoms with Crippen molar-refractivity contribution in [2.75, 3.05) is 0 Å². The van der Waals surface area contributed by atoms with E-state index in [1.807, 2.05) is 30.3 Å². The van der Waals surface area contributed by atoms with Crippen LogP contribution in [0.3, 0.4) is 0 Å². The van der Waals surface area contributed by atoms with Crippen LogP contribution in [0.15, 0.2) is 30.3 Å². The zero-order valence-corrected chi connectivity index (χ0v) is 18.8. The zero-order valence-electron chi connectivity index (χ0n) is 17.8. The molecule has 1 aromatic rings. The lowest BCUT2D eigenvalue weighted by Crippen LogP contribution is -2.46. The molecule has 1 saturated heterocycles. The van der Waals surface area contributed by atoms with Crippen molar-refractivity contribution in [2.45, 2.75) is 83.8 Å². The highest BCUT2D eigenvalue weighted by molar-refractivity contribution is 6.74. The molecule has 1 aliphatic rings. The lowest BCUT2D eigenvalue weighted by molar-refractivity contribution is -0.128. The number of hydrogen-bond acceptors (Lipinski definition) is 4. The van der Waals surface area contributed by atoms with Gasteiger partial charge in [0, 0.05) is 0 Å². The van der Waals surface area contributed by atoms with E-state index in [4.69, 9.17) is 9.16 Å². The van der Waals surface area contributed by atoms with Gasteiger partial charge in [-0.2, -0.15) is 0 Å². The summed E-state index contributed by atoms with van der Waals surface area (Å²) in [6.45, 7) is 16.2. The topological polar surface area (TPSA) is 55.8 Å². The lowest BCUT2D eigenvalue weighted by atomic mass is 10.0. The molecular weight excluding hydrogens is 358 g/mol. The highest BCUT2D eigenvalue weighted by atomic mass is 28.4. The maximum absolute atomic E-state index is 12.8. The van der Waals surface area contributed by atoms with E-state index in [2.05, 4.69) is 33.9 Å².